The number of esters is 2. The van der Waals surface area contributed by atoms with Crippen LogP contribution in [0.3, 0.4) is 0 Å². The van der Waals surface area contributed by atoms with Crippen molar-refractivity contribution >= 4 is 43.8 Å². The Labute approximate surface area is 173 Å². The number of aliphatic hydroxyl groups is 2. The fourth-order valence-corrected chi connectivity index (χ4v) is 4.27. The Morgan fingerprint density at radius 2 is 1.70 bits per heavy atom. The maximum atomic E-state index is 11.6. The minimum absolute atomic E-state index is 0.0513. The van der Waals surface area contributed by atoms with E-state index in [4.69, 9.17) is 23.7 Å². The topological polar surface area (TPSA) is 121 Å². The van der Waals surface area contributed by atoms with E-state index < -0.39 is 66.0 Å². The van der Waals surface area contributed by atoms with Crippen molar-refractivity contribution in [2.45, 2.75) is 81.2 Å². The molecule has 2 aliphatic rings. The minimum atomic E-state index is -1.07. The Balaban J connectivity index is 2.19. The van der Waals surface area contributed by atoms with Gasteiger partial charge in [0, 0.05) is 25.6 Å². The van der Waals surface area contributed by atoms with E-state index in [1.54, 1.807) is 6.92 Å². The molecular formula is C16H24Br2O9. The Hall–Kier alpha value is -0.300. The number of halogens is 2. The van der Waals surface area contributed by atoms with Gasteiger partial charge in [-0.3, -0.25) is 9.59 Å². The molecule has 0 aliphatic carbocycles. The Morgan fingerprint density at radius 3 is 2.26 bits per heavy atom. The molecule has 0 unspecified atom stereocenters. The van der Waals surface area contributed by atoms with Crippen molar-refractivity contribution < 1.29 is 43.5 Å². The zero-order valence-corrected chi connectivity index (χ0v) is 18.3. The normalized spacial score (nSPS) is 42.4. The van der Waals surface area contributed by atoms with Gasteiger partial charge >= 0.3 is 11.9 Å². The zero-order valence-electron chi connectivity index (χ0n) is 15.1. The van der Waals surface area contributed by atoms with Crippen LogP contribution in [0.5, 0.6) is 0 Å². The Bertz CT molecular complexity index is 534. The molecule has 0 aromatic carbocycles. The second kappa shape index (κ2) is 9.95. The molecule has 9 atom stereocenters. The van der Waals surface area contributed by atoms with Crippen molar-refractivity contribution in [2.75, 3.05) is 5.33 Å². The van der Waals surface area contributed by atoms with Gasteiger partial charge in [0.15, 0.2) is 24.8 Å². The van der Waals surface area contributed by atoms with Crippen LogP contribution in [0, 0.1) is 0 Å². The van der Waals surface area contributed by atoms with Gasteiger partial charge in [-0.1, -0.05) is 31.9 Å². The average Bonchev–Trinajstić information content (AvgIpc) is 2.57. The van der Waals surface area contributed by atoms with Gasteiger partial charge in [-0.25, -0.2) is 0 Å². The van der Waals surface area contributed by atoms with Crippen LogP contribution >= 0.6 is 31.9 Å². The third-order valence-corrected chi connectivity index (χ3v) is 5.90. The molecule has 2 aliphatic heterocycles. The van der Waals surface area contributed by atoms with Gasteiger partial charge in [-0.15, -0.1) is 0 Å². The second-order valence-corrected chi connectivity index (χ2v) is 8.19. The first kappa shape index (κ1) is 23.0. The van der Waals surface area contributed by atoms with Gasteiger partial charge in [-0.2, -0.15) is 0 Å². The summed E-state index contributed by atoms with van der Waals surface area (Å²) < 4.78 is 27.6. The largest absolute Gasteiger partial charge is 0.457 e. The van der Waals surface area contributed by atoms with E-state index in [1.165, 1.54) is 13.8 Å². The predicted octanol–water partition coefficient (Wildman–Crippen LogP) is 0.606. The minimum Gasteiger partial charge on any atom is -0.457 e. The van der Waals surface area contributed by atoms with Crippen LogP contribution in [0.2, 0.25) is 0 Å². The number of aliphatic hydroxyl groups excluding tert-OH is 2. The number of carbonyl (C=O) groups excluding carboxylic acids is 2. The Morgan fingerprint density at radius 1 is 1.11 bits per heavy atom. The van der Waals surface area contributed by atoms with E-state index in [2.05, 4.69) is 31.9 Å². The third-order valence-electron chi connectivity index (χ3n) is 4.31. The first-order chi connectivity index (χ1) is 12.6. The summed E-state index contributed by atoms with van der Waals surface area (Å²) in [7, 11) is 0. The molecule has 9 nitrogen and oxygen atoms in total. The lowest BCUT2D eigenvalue weighted by molar-refractivity contribution is -0.298. The van der Waals surface area contributed by atoms with E-state index in [1.807, 2.05) is 0 Å². The molecule has 2 N–H and O–H groups in total. The van der Waals surface area contributed by atoms with E-state index >= 15 is 0 Å². The highest BCUT2D eigenvalue weighted by atomic mass is 79.9. The first-order valence-corrected chi connectivity index (χ1v) is 10.5. The van der Waals surface area contributed by atoms with Gasteiger partial charge in [0.1, 0.15) is 17.0 Å². The van der Waals surface area contributed by atoms with Gasteiger partial charge in [-0.05, 0) is 6.92 Å². The maximum absolute atomic E-state index is 11.6. The monoisotopic (exact) mass is 518 g/mol. The predicted molar refractivity (Wildman–Crippen MR) is 98.3 cm³/mol. The molecule has 2 saturated heterocycles. The van der Waals surface area contributed by atoms with Crippen LogP contribution in [0.25, 0.3) is 0 Å². The summed E-state index contributed by atoms with van der Waals surface area (Å²) >= 11 is 6.71. The van der Waals surface area contributed by atoms with Gasteiger partial charge in [0.05, 0.1) is 12.2 Å². The maximum Gasteiger partial charge on any atom is 0.303 e. The van der Waals surface area contributed by atoms with Crippen molar-refractivity contribution in [1.82, 2.24) is 0 Å². The smallest absolute Gasteiger partial charge is 0.303 e. The van der Waals surface area contributed by atoms with E-state index in [0.717, 1.165) is 0 Å². The standard InChI is InChI=1S/C16H24Br2O9/c1-6-13(22)9(4-11(21)23-6)26-16-12(18)15(25-8(3)20)14(24-7(2)19)10(5-17)27-16/h6,9-16,21-22H,4-5H2,1-3H3/t6-,9-,10-,11+,12-,13-,14-,15-,16-/m1/s1. The van der Waals surface area contributed by atoms with Crippen LogP contribution in [-0.2, 0) is 33.3 Å². The van der Waals surface area contributed by atoms with Crippen LogP contribution < -0.4 is 0 Å². The van der Waals surface area contributed by atoms with Crippen LogP contribution in [0.15, 0.2) is 0 Å². The average molecular weight is 520 g/mol. The lowest BCUT2D eigenvalue weighted by atomic mass is 10.00. The molecule has 156 valence electrons. The highest BCUT2D eigenvalue weighted by Gasteiger charge is 2.50. The highest BCUT2D eigenvalue weighted by Crippen LogP contribution is 2.34. The molecule has 0 spiro atoms. The highest BCUT2D eigenvalue weighted by molar-refractivity contribution is 9.09. The molecule has 2 rings (SSSR count). The molecule has 0 aromatic rings. The summed E-state index contributed by atoms with van der Waals surface area (Å²) in [4.78, 5) is 22.3. The quantitative estimate of drug-likeness (QED) is 0.397. The van der Waals surface area contributed by atoms with Crippen molar-refractivity contribution in [3.8, 4) is 0 Å². The van der Waals surface area contributed by atoms with Gasteiger partial charge in [0.2, 0.25) is 0 Å². The van der Waals surface area contributed by atoms with Crippen molar-refractivity contribution in [3.63, 3.8) is 0 Å². The molecule has 2 heterocycles. The molecule has 0 bridgehead atoms. The van der Waals surface area contributed by atoms with Crippen molar-refractivity contribution in [3.05, 3.63) is 0 Å². The summed E-state index contributed by atoms with van der Waals surface area (Å²) in [5.74, 6) is -1.09. The molecule has 11 heteroatoms. The molecular weight excluding hydrogens is 496 g/mol. The van der Waals surface area contributed by atoms with Crippen molar-refractivity contribution in [1.29, 1.82) is 0 Å². The number of ether oxygens (including phenoxy) is 5. The second-order valence-electron chi connectivity index (χ2n) is 6.49. The molecule has 0 aromatic heterocycles. The van der Waals surface area contributed by atoms with E-state index in [9.17, 15) is 19.8 Å². The Kier molecular flexibility index (Phi) is 8.47. The summed E-state index contributed by atoms with van der Waals surface area (Å²) in [6.07, 6.45) is -6.68. The SMILES string of the molecule is CC(=O)O[C@@H]1[C@@H](Br)[C@H](O[C@@H]2C[C@@H](O)O[C@H](C)[C@H]2O)O[C@H](CBr)[C@H]1OC(C)=O. The van der Waals surface area contributed by atoms with E-state index in [0.29, 0.717) is 0 Å². The summed E-state index contributed by atoms with van der Waals surface area (Å²) in [5.41, 5.74) is 0. The number of hydrogen-bond donors (Lipinski definition) is 2. The number of rotatable bonds is 5. The summed E-state index contributed by atoms with van der Waals surface area (Å²) in [5, 5.41) is 20.3. The molecule has 0 radical (unpaired) electrons. The molecule has 0 amide bonds. The van der Waals surface area contributed by atoms with Gasteiger partial charge in [0.25, 0.3) is 0 Å². The molecule has 27 heavy (non-hydrogen) atoms. The number of carbonyl (C=O) groups is 2. The third kappa shape index (κ3) is 5.84. The van der Waals surface area contributed by atoms with Crippen LogP contribution in [0.4, 0.5) is 0 Å². The fourth-order valence-electron chi connectivity index (χ4n) is 3.09. The molecule has 0 saturated carbocycles. The summed E-state index contributed by atoms with van der Waals surface area (Å²) in [6, 6.07) is 0. The zero-order chi connectivity index (χ0) is 20.3. The fraction of sp³-hybridized carbons (Fsp3) is 0.875. The number of alkyl halides is 2. The first-order valence-electron chi connectivity index (χ1n) is 8.51. The van der Waals surface area contributed by atoms with Gasteiger partial charge < -0.3 is 33.9 Å². The number of hydrogen-bond acceptors (Lipinski definition) is 9. The van der Waals surface area contributed by atoms with Crippen molar-refractivity contribution in [2.24, 2.45) is 0 Å². The van der Waals surface area contributed by atoms with Crippen LogP contribution in [0.1, 0.15) is 27.2 Å². The van der Waals surface area contributed by atoms with Crippen LogP contribution in [-0.4, -0.2) is 81.5 Å². The lowest BCUT2D eigenvalue weighted by Crippen LogP contribution is -2.61. The van der Waals surface area contributed by atoms with E-state index in [-0.39, 0.29) is 11.8 Å². The molecule has 2 fully saturated rings. The summed E-state index contributed by atoms with van der Waals surface area (Å²) in [6.45, 7) is 4.12. The lowest BCUT2D eigenvalue weighted by Gasteiger charge is -2.45.